The molecule has 4 aliphatic rings. The molecule has 2 aromatic carbocycles. The van der Waals surface area contributed by atoms with Crippen molar-refractivity contribution >= 4 is 35.7 Å². The molecule has 0 unspecified atom stereocenters. The van der Waals surface area contributed by atoms with E-state index in [1.165, 1.54) is 6.42 Å². The summed E-state index contributed by atoms with van der Waals surface area (Å²) in [6, 6.07) is 12.6. The summed E-state index contributed by atoms with van der Waals surface area (Å²) in [5, 5.41) is 11.1. The molecule has 6 atom stereocenters. The Balaban J connectivity index is 1.33. The number of amides is 2. The van der Waals surface area contributed by atoms with Crippen LogP contribution in [0.4, 0.5) is 0 Å². The highest BCUT2D eigenvalue weighted by atomic mass is 16.7. The van der Waals surface area contributed by atoms with Crippen LogP contribution in [0.25, 0.3) is 10.8 Å². The highest BCUT2D eigenvalue weighted by Gasteiger charge is 2.68. The number of rotatable bonds is 11. The lowest BCUT2D eigenvalue weighted by atomic mass is 9.43. The van der Waals surface area contributed by atoms with E-state index >= 15 is 0 Å². The van der Waals surface area contributed by atoms with Crippen LogP contribution in [-0.2, 0) is 14.1 Å². The topological polar surface area (TPSA) is 127 Å². The molecule has 2 bridgehead atoms. The van der Waals surface area contributed by atoms with Gasteiger partial charge in [0.25, 0.3) is 5.91 Å². The molecule has 1 saturated heterocycles. The van der Waals surface area contributed by atoms with E-state index in [0.717, 1.165) is 17.2 Å². The van der Waals surface area contributed by atoms with Crippen LogP contribution < -0.4 is 21.7 Å². The molecule has 9 nitrogen and oxygen atoms in total. The summed E-state index contributed by atoms with van der Waals surface area (Å²) in [7, 11) is 1.08. The van der Waals surface area contributed by atoms with Crippen LogP contribution in [0.1, 0.15) is 77.1 Å². The van der Waals surface area contributed by atoms with Crippen LogP contribution in [0.3, 0.4) is 0 Å². The summed E-state index contributed by atoms with van der Waals surface area (Å²) in [6.07, 6.45) is 3.91. The molecular formula is C33H48BN5O4. The monoisotopic (exact) mass is 589 g/mol. The molecule has 0 aromatic heterocycles. The lowest BCUT2D eigenvalue weighted by molar-refractivity contribution is -0.199. The zero-order valence-electron chi connectivity index (χ0n) is 26.5. The van der Waals surface area contributed by atoms with Crippen molar-refractivity contribution in [3.63, 3.8) is 0 Å². The summed E-state index contributed by atoms with van der Waals surface area (Å²) in [5.41, 5.74) is 6.20. The van der Waals surface area contributed by atoms with Crippen molar-refractivity contribution in [1.82, 2.24) is 16.0 Å². The van der Waals surface area contributed by atoms with Gasteiger partial charge in [0, 0.05) is 19.2 Å². The molecule has 10 heteroatoms. The minimum atomic E-state index is -0.756. The first-order valence-electron chi connectivity index (χ1n) is 15.8. The van der Waals surface area contributed by atoms with Gasteiger partial charge in [0.05, 0.1) is 17.6 Å². The largest absolute Gasteiger partial charge is 0.481 e. The zero-order chi connectivity index (χ0) is 30.9. The molecule has 2 amide bonds. The first kappa shape index (κ1) is 31.3. The number of carbonyl (C=O) groups is 2. The van der Waals surface area contributed by atoms with Crippen LogP contribution in [0.15, 0.2) is 47.5 Å². The van der Waals surface area contributed by atoms with Gasteiger partial charge in [-0.2, -0.15) is 0 Å². The number of benzene rings is 2. The number of hydrogen-bond acceptors (Lipinski definition) is 5. The summed E-state index contributed by atoms with van der Waals surface area (Å²) < 4.78 is 13.3. The summed E-state index contributed by atoms with van der Waals surface area (Å²) in [5.74, 6) is 0.857. The van der Waals surface area contributed by atoms with Gasteiger partial charge in [-0.15, -0.1) is 0 Å². The molecule has 43 heavy (non-hydrogen) atoms. The molecule has 1 heterocycles. The molecule has 1 aliphatic heterocycles. The molecule has 3 saturated carbocycles. The minimum Gasteiger partial charge on any atom is -0.404 e. The Bertz CT molecular complexity index is 1360. The van der Waals surface area contributed by atoms with E-state index in [1.54, 1.807) is 13.1 Å². The number of fused-ring (bicyclic) bond motifs is 1. The molecule has 0 radical (unpaired) electrons. The Kier molecular flexibility index (Phi) is 9.09. The van der Waals surface area contributed by atoms with Gasteiger partial charge in [-0.1, -0.05) is 64.1 Å². The minimum absolute atomic E-state index is 0.0273. The fraction of sp³-hybridized carbons (Fsp3) is 0.606. The lowest BCUT2D eigenvalue weighted by Gasteiger charge is -2.64. The second-order valence-electron chi connectivity index (χ2n) is 13.8. The zero-order valence-corrected chi connectivity index (χ0v) is 26.5. The Labute approximate surface area is 256 Å². The van der Waals surface area contributed by atoms with Crippen molar-refractivity contribution in [1.29, 1.82) is 0 Å². The van der Waals surface area contributed by atoms with Gasteiger partial charge in [-0.3, -0.25) is 14.6 Å². The Hall–Kier alpha value is -3.11. The Morgan fingerprint density at radius 3 is 2.56 bits per heavy atom. The summed E-state index contributed by atoms with van der Waals surface area (Å²) in [4.78, 5) is 31.5. The van der Waals surface area contributed by atoms with Crippen LogP contribution in [0, 0.1) is 23.2 Å². The highest BCUT2D eigenvalue weighted by molar-refractivity contribution is 6.48. The average Bonchev–Trinajstić information content (AvgIpc) is 3.34. The van der Waals surface area contributed by atoms with Gasteiger partial charge in [0.15, 0.2) is 5.96 Å². The first-order chi connectivity index (χ1) is 20.4. The maximum atomic E-state index is 14.0. The normalized spacial score (nSPS) is 27.3. The number of nitrogens with zero attached hydrogens (tertiary/aromatic N) is 1. The lowest BCUT2D eigenvalue weighted by Crippen LogP contribution is -2.65. The predicted octanol–water partition coefficient (Wildman–Crippen LogP) is 4.05. The number of hydrogen-bond donors (Lipinski definition) is 4. The Morgan fingerprint density at radius 2 is 1.84 bits per heavy atom. The number of guanidine groups is 1. The molecule has 0 spiro atoms. The van der Waals surface area contributed by atoms with Crippen molar-refractivity contribution in [2.24, 2.45) is 33.9 Å². The van der Waals surface area contributed by atoms with Gasteiger partial charge in [-0.05, 0) is 79.0 Å². The maximum Gasteiger partial charge on any atom is 0.481 e. The predicted molar refractivity (Wildman–Crippen MR) is 171 cm³/mol. The molecule has 5 N–H and O–H groups in total. The van der Waals surface area contributed by atoms with Crippen molar-refractivity contribution in [2.45, 2.75) is 90.4 Å². The van der Waals surface area contributed by atoms with Crippen LogP contribution in [-0.4, -0.2) is 62.2 Å². The van der Waals surface area contributed by atoms with E-state index in [4.69, 9.17) is 15.0 Å². The Morgan fingerprint density at radius 1 is 1.09 bits per heavy atom. The van der Waals surface area contributed by atoms with Crippen LogP contribution in [0.2, 0.25) is 0 Å². The van der Waals surface area contributed by atoms with E-state index in [-0.39, 0.29) is 34.9 Å². The highest BCUT2D eigenvalue weighted by Crippen LogP contribution is 2.65. The number of nitrogens with one attached hydrogen (secondary N) is 3. The van der Waals surface area contributed by atoms with Crippen molar-refractivity contribution in [3.8, 4) is 0 Å². The summed E-state index contributed by atoms with van der Waals surface area (Å²) >= 11 is 0. The van der Waals surface area contributed by atoms with Crippen molar-refractivity contribution in [2.75, 3.05) is 13.6 Å². The third-order valence-corrected chi connectivity index (χ3v) is 10.2. The second kappa shape index (κ2) is 12.5. The van der Waals surface area contributed by atoms with Gasteiger partial charge < -0.3 is 31.0 Å². The third kappa shape index (κ3) is 6.27. The molecule has 3 aliphatic carbocycles. The van der Waals surface area contributed by atoms with Gasteiger partial charge in [-0.25, -0.2) is 0 Å². The second-order valence-corrected chi connectivity index (χ2v) is 13.8. The van der Waals surface area contributed by atoms with Crippen molar-refractivity contribution < 1.29 is 18.9 Å². The first-order valence-corrected chi connectivity index (χ1v) is 15.8. The standard InChI is InChI=1S/C33H48BN5O4/c1-20(2)17-28(34-42-27-19-22-18-26(32(22,3)4)33(27,5)43-34)39-30(41)25(15-10-16-37-31(35)36-6)38-29(40)24-14-9-12-21-11-7-8-13-23(21)24/h7-9,11-14,20,22,25-28H,10,15-19H2,1-6H3,(H,38,40)(H,39,41)(H3,35,36,37)/t22-,25-,26-,27+,28-,33-/m0/s1. The number of aliphatic imine (C=N–C) groups is 1. The quantitative estimate of drug-likeness (QED) is 0.136. The number of carbonyl (C=O) groups excluding carboxylic acids is 2. The smallest absolute Gasteiger partial charge is 0.404 e. The summed E-state index contributed by atoms with van der Waals surface area (Å²) in [6.45, 7) is 11.7. The van der Waals surface area contributed by atoms with E-state index in [0.29, 0.717) is 55.1 Å². The van der Waals surface area contributed by atoms with Crippen molar-refractivity contribution in [3.05, 3.63) is 48.0 Å². The number of nitrogens with two attached hydrogens (primary N) is 1. The van der Waals surface area contributed by atoms with Crippen LogP contribution >= 0.6 is 0 Å². The molecule has 2 aromatic rings. The van der Waals surface area contributed by atoms with Gasteiger partial charge in [0.2, 0.25) is 5.91 Å². The van der Waals surface area contributed by atoms with E-state index < -0.39 is 13.2 Å². The maximum absolute atomic E-state index is 14.0. The van der Waals surface area contributed by atoms with Crippen LogP contribution in [0.5, 0.6) is 0 Å². The molecule has 4 fully saturated rings. The fourth-order valence-electron chi connectivity index (χ4n) is 7.63. The molecular weight excluding hydrogens is 541 g/mol. The van der Waals surface area contributed by atoms with E-state index in [1.807, 2.05) is 36.4 Å². The average molecular weight is 590 g/mol. The molecule has 6 rings (SSSR count). The fourth-order valence-corrected chi connectivity index (χ4v) is 7.63. The van der Waals surface area contributed by atoms with E-state index in [2.05, 4.69) is 55.6 Å². The third-order valence-electron chi connectivity index (χ3n) is 10.2. The van der Waals surface area contributed by atoms with Gasteiger partial charge >= 0.3 is 7.12 Å². The molecule has 232 valence electrons. The van der Waals surface area contributed by atoms with E-state index in [9.17, 15) is 9.59 Å². The van der Waals surface area contributed by atoms with Gasteiger partial charge in [0.1, 0.15) is 6.04 Å². The SMILES string of the molecule is CN=C(N)NCCC[C@H](NC(=O)c1cccc2ccccc12)C(=O)N[C@@H](CC(C)C)B1O[C@@H]2C[C@@H]3C[C@@H](C3(C)C)[C@]2(C)O1.